The lowest BCUT2D eigenvalue weighted by Crippen LogP contribution is -2.39. The van der Waals surface area contributed by atoms with Crippen LogP contribution >= 0.6 is 11.8 Å². The molecule has 9 heteroatoms. The third kappa shape index (κ3) is 6.69. The summed E-state index contributed by atoms with van der Waals surface area (Å²) in [5.74, 6) is 1.17. The Morgan fingerprint density at radius 1 is 1.19 bits per heavy atom. The van der Waals surface area contributed by atoms with E-state index in [9.17, 15) is 13.2 Å². The predicted molar refractivity (Wildman–Crippen MR) is 105 cm³/mol. The van der Waals surface area contributed by atoms with Crippen LogP contribution in [0.4, 0.5) is 0 Å². The molecule has 0 fully saturated rings. The SMILES string of the molecule is COc1ccc(S(=O)(=O)N(C)CC(=O)NCCSC(C)(C)C)cc1OC. The largest absolute Gasteiger partial charge is 0.493 e. The highest BCUT2D eigenvalue weighted by atomic mass is 32.2. The number of nitrogens with zero attached hydrogens (tertiary/aromatic N) is 1. The van der Waals surface area contributed by atoms with Crippen molar-refractivity contribution in [2.45, 2.75) is 30.4 Å². The minimum absolute atomic E-state index is 0.0359. The van der Waals surface area contributed by atoms with Crippen molar-refractivity contribution in [2.24, 2.45) is 0 Å². The minimum Gasteiger partial charge on any atom is -0.493 e. The summed E-state index contributed by atoms with van der Waals surface area (Å²) in [6.07, 6.45) is 0. The van der Waals surface area contributed by atoms with Crippen molar-refractivity contribution < 1.29 is 22.7 Å². The summed E-state index contributed by atoms with van der Waals surface area (Å²) in [5, 5.41) is 2.74. The van der Waals surface area contributed by atoms with E-state index in [0.717, 1.165) is 10.1 Å². The van der Waals surface area contributed by atoms with Crippen molar-refractivity contribution in [3.8, 4) is 11.5 Å². The number of nitrogens with one attached hydrogen (secondary N) is 1. The fourth-order valence-electron chi connectivity index (χ4n) is 2.05. The highest BCUT2D eigenvalue weighted by Gasteiger charge is 2.24. The second-order valence-electron chi connectivity index (χ2n) is 6.59. The number of sulfonamides is 1. The van der Waals surface area contributed by atoms with E-state index in [4.69, 9.17) is 9.47 Å². The molecular formula is C17H28N2O5S2. The highest BCUT2D eigenvalue weighted by molar-refractivity contribution is 8.00. The lowest BCUT2D eigenvalue weighted by atomic mass is 10.3. The minimum atomic E-state index is -3.81. The molecule has 0 bridgehead atoms. The third-order valence-corrected chi connectivity index (χ3v) is 6.46. The summed E-state index contributed by atoms with van der Waals surface area (Å²) in [7, 11) is 0.461. The van der Waals surface area contributed by atoms with E-state index < -0.39 is 10.0 Å². The number of amides is 1. The molecule has 0 aromatic heterocycles. The van der Waals surface area contributed by atoms with Crippen molar-refractivity contribution in [3.05, 3.63) is 18.2 Å². The molecule has 0 spiro atoms. The molecule has 1 N–H and O–H groups in total. The van der Waals surface area contributed by atoms with Gasteiger partial charge in [0, 0.05) is 30.2 Å². The fraction of sp³-hybridized carbons (Fsp3) is 0.588. The first-order valence-electron chi connectivity index (χ1n) is 8.10. The van der Waals surface area contributed by atoms with E-state index in [1.807, 2.05) is 0 Å². The van der Waals surface area contributed by atoms with E-state index in [-0.39, 0.29) is 22.1 Å². The molecule has 26 heavy (non-hydrogen) atoms. The van der Waals surface area contributed by atoms with Gasteiger partial charge in [-0.05, 0) is 12.1 Å². The molecule has 148 valence electrons. The maximum absolute atomic E-state index is 12.6. The average Bonchev–Trinajstić information content (AvgIpc) is 2.57. The van der Waals surface area contributed by atoms with Gasteiger partial charge in [0.1, 0.15) is 0 Å². The van der Waals surface area contributed by atoms with Crippen LogP contribution in [0.15, 0.2) is 23.1 Å². The van der Waals surface area contributed by atoms with Gasteiger partial charge in [-0.15, -0.1) is 0 Å². The summed E-state index contributed by atoms with van der Waals surface area (Å²) in [4.78, 5) is 12.0. The molecule has 0 heterocycles. The predicted octanol–water partition coefficient (Wildman–Crippen LogP) is 1.97. The number of thioether (sulfide) groups is 1. The smallest absolute Gasteiger partial charge is 0.243 e. The van der Waals surface area contributed by atoms with Gasteiger partial charge in [0.2, 0.25) is 15.9 Å². The zero-order chi connectivity index (χ0) is 20.0. The van der Waals surface area contributed by atoms with Crippen LogP contribution in [-0.2, 0) is 14.8 Å². The first-order chi connectivity index (χ1) is 12.0. The zero-order valence-electron chi connectivity index (χ0n) is 16.2. The molecule has 0 aliphatic rings. The summed E-state index contributed by atoms with van der Waals surface area (Å²) in [6.45, 7) is 6.54. The molecule has 1 aromatic rings. The fourth-order valence-corrected chi connectivity index (χ4v) is 4.01. The van der Waals surface area contributed by atoms with Crippen LogP contribution in [0.25, 0.3) is 0 Å². The second-order valence-corrected chi connectivity index (χ2v) is 10.6. The molecule has 0 radical (unpaired) electrons. The lowest BCUT2D eigenvalue weighted by Gasteiger charge is -2.19. The monoisotopic (exact) mass is 404 g/mol. The van der Waals surface area contributed by atoms with E-state index in [2.05, 4.69) is 26.1 Å². The highest BCUT2D eigenvalue weighted by Crippen LogP contribution is 2.30. The number of rotatable bonds is 9. The Balaban J connectivity index is 2.70. The van der Waals surface area contributed by atoms with Crippen molar-refractivity contribution in [3.63, 3.8) is 0 Å². The van der Waals surface area contributed by atoms with Crippen LogP contribution in [-0.4, -0.2) is 63.5 Å². The van der Waals surface area contributed by atoms with Crippen LogP contribution in [0.2, 0.25) is 0 Å². The molecule has 7 nitrogen and oxygen atoms in total. The number of likely N-dealkylation sites (N-methyl/N-ethyl adjacent to an activating group) is 1. The molecule has 0 aliphatic heterocycles. The van der Waals surface area contributed by atoms with Gasteiger partial charge in [-0.3, -0.25) is 4.79 Å². The number of ether oxygens (including phenoxy) is 2. The standard InChI is InChI=1S/C17H28N2O5S2/c1-17(2,3)25-10-9-18-16(20)12-19(4)26(21,22)13-7-8-14(23-5)15(11-13)24-6/h7-8,11H,9-10,12H2,1-6H3,(H,18,20). The van der Waals surface area contributed by atoms with Gasteiger partial charge in [-0.25, -0.2) is 8.42 Å². The topological polar surface area (TPSA) is 84.9 Å². The Bertz CT molecular complexity index is 714. The Morgan fingerprint density at radius 2 is 1.81 bits per heavy atom. The Hall–Kier alpha value is -1.45. The van der Waals surface area contributed by atoms with Crippen LogP contribution in [0.1, 0.15) is 20.8 Å². The van der Waals surface area contributed by atoms with Gasteiger partial charge in [0.15, 0.2) is 11.5 Å². The molecule has 0 saturated carbocycles. The first kappa shape index (κ1) is 22.6. The molecule has 0 aliphatic carbocycles. The zero-order valence-corrected chi connectivity index (χ0v) is 17.8. The van der Waals surface area contributed by atoms with E-state index in [1.165, 1.54) is 39.5 Å². The molecule has 1 rings (SSSR count). The van der Waals surface area contributed by atoms with Gasteiger partial charge in [-0.2, -0.15) is 16.1 Å². The van der Waals surface area contributed by atoms with Crippen LogP contribution < -0.4 is 14.8 Å². The molecule has 1 amide bonds. The van der Waals surface area contributed by atoms with Gasteiger partial charge in [0.05, 0.1) is 25.7 Å². The summed E-state index contributed by atoms with van der Waals surface area (Å²) >= 11 is 1.73. The summed E-state index contributed by atoms with van der Waals surface area (Å²) < 4.78 is 36.7. The Labute approximate surface area is 160 Å². The molecule has 0 saturated heterocycles. The lowest BCUT2D eigenvalue weighted by molar-refractivity contribution is -0.121. The third-order valence-electron chi connectivity index (χ3n) is 3.39. The number of methoxy groups -OCH3 is 2. The van der Waals surface area contributed by atoms with Crippen LogP contribution in [0.3, 0.4) is 0 Å². The summed E-state index contributed by atoms with van der Waals surface area (Å²) in [5.41, 5.74) is 0. The van der Waals surface area contributed by atoms with Gasteiger partial charge < -0.3 is 14.8 Å². The number of carbonyl (C=O) groups is 1. The molecular weight excluding hydrogens is 376 g/mol. The van der Waals surface area contributed by atoms with E-state index in [0.29, 0.717) is 18.0 Å². The summed E-state index contributed by atoms with van der Waals surface area (Å²) in [6, 6.07) is 4.32. The van der Waals surface area contributed by atoms with Gasteiger partial charge >= 0.3 is 0 Å². The Kier molecular flexibility index (Phi) is 8.23. The molecule has 0 atom stereocenters. The maximum Gasteiger partial charge on any atom is 0.243 e. The van der Waals surface area contributed by atoms with Gasteiger partial charge in [0.25, 0.3) is 0 Å². The van der Waals surface area contributed by atoms with Crippen molar-refractivity contribution in [1.29, 1.82) is 0 Å². The van der Waals surface area contributed by atoms with E-state index in [1.54, 1.807) is 11.8 Å². The number of hydrogen-bond donors (Lipinski definition) is 1. The number of hydrogen-bond acceptors (Lipinski definition) is 6. The maximum atomic E-state index is 12.6. The first-order valence-corrected chi connectivity index (χ1v) is 10.5. The normalized spacial score (nSPS) is 12.1. The number of benzene rings is 1. The quantitative estimate of drug-likeness (QED) is 0.634. The van der Waals surface area contributed by atoms with Crippen molar-refractivity contribution in [2.75, 3.05) is 40.1 Å². The van der Waals surface area contributed by atoms with Crippen LogP contribution in [0, 0.1) is 0 Å². The Morgan fingerprint density at radius 3 is 2.35 bits per heavy atom. The van der Waals surface area contributed by atoms with E-state index >= 15 is 0 Å². The van der Waals surface area contributed by atoms with Gasteiger partial charge in [-0.1, -0.05) is 20.8 Å². The van der Waals surface area contributed by atoms with Crippen molar-refractivity contribution in [1.82, 2.24) is 9.62 Å². The molecule has 1 aromatic carbocycles. The second kappa shape index (κ2) is 9.48. The van der Waals surface area contributed by atoms with Crippen molar-refractivity contribution >= 4 is 27.7 Å². The van der Waals surface area contributed by atoms with Crippen LogP contribution in [0.5, 0.6) is 11.5 Å². The average molecular weight is 405 g/mol. The number of carbonyl (C=O) groups excluding carboxylic acids is 1. The molecule has 0 unspecified atom stereocenters.